The third kappa shape index (κ3) is 4.43. The minimum atomic E-state index is -4.90. The second-order valence-corrected chi connectivity index (χ2v) is 3.76. The van der Waals surface area contributed by atoms with Crippen LogP contribution in [0.5, 0.6) is 11.5 Å². The molecule has 1 N–H and O–H groups in total. The average molecular weight is 318 g/mol. The summed E-state index contributed by atoms with van der Waals surface area (Å²) in [5.74, 6) is -3.61. The molecule has 1 aromatic carbocycles. The summed E-state index contributed by atoms with van der Waals surface area (Å²) in [5.41, 5.74) is -2.31. The van der Waals surface area contributed by atoms with Crippen LogP contribution in [0, 0.1) is 0 Å². The molecule has 0 unspecified atom stereocenters. The number of ether oxygens (including phenoxy) is 2. The summed E-state index contributed by atoms with van der Waals surface area (Å²) in [6.45, 7) is -1.93. The molecule has 0 aliphatic carbocycles. The molecule has 0 radical (unpaired) electrons. The molecule has 0 aliphatic rings. The van der Waals surface area contributed by atoms with Crippen molar-refractivity contribution < 1.29 is 45.7 Å². The second kappa shape index (κ2) is 5.70. The van der Waals surface area contributed by atoms with E-state index in [0.717, 1.165) is 7.11 Å². The van der Waals surface area contributed by atoms with Crippen molar-refractivity contribution in [3.63, 3.8) is 0 Å². The molecule has 0 amide bonds. The zero-order valence-corrected chi connectivity index (χ0v) is 10.3. The number of alkyl halides is 6. The van der Waals surface area contributed by atoms with Crippen molar-refractivity contribution in [2.45, 2.75) is 12.4 Å². The van der Waals surface area contributed by atoms with Gasteiger partial charge in [0.1, 0.15) is 17.1 Å². The number of aromatic carboxylic acids is 1. The van der Waals surface area contributed by atoms with Crippen LogP contribution in [0.2, 0.25) is 0 Å². The van der Waals surface area contributed by atoms with Gasteiger partial charge in [-0.15, -0.1) is 0 Å². The van der Waals surface area contributed by atoms with Crippen molar-refractivity contribution in [1.82, 2.24) is 0 Å². The number of carboxylic acid groups (broad SMARTS) is 1. The lowest BCUT2D eigenvalue weighted by Gasteiger charge is -2.16. The predicted molar refractivity (Wildman–Crippen MR) is 56.5 cm³/mol. The Labute approximate surface area is 113 Å². The highest BCUT2D eigenvalue weighted by atomic mass is 19.4. The van der Waals surface area contributed by atoms with Crippen LogP contribution in [0.4, 0.5) is 26.3 Å². The van der Waals surface area contributed by atoms with Crippen LogP contribution in [0.25, 0.3) is 0 Å². The molecule has 1 rings (SSSR count). The Bertz CT molecular complexity index is 535. The summed E-state index contributed by atoms with van der Waals surface area (Å²) in [7, 11) is 0.884. The van der Waals surface area contributed by atoms with E-state index in [2.05, 4.69) is 9.47 Å². The first-order chi connectivity index (χ1) is 9.45. The minimum Gasteiger partial charge on any atom is -0.496 e. The molecule has 0 bridgehead atoms. The van der Waals surface area contributed by atoms with E-state index in [1.807, 2.05) is 0 Å². The summed E-state index contributed by atoms with van der Waals surface area (Å²) in [5, 5.41) is 8.88. The van der Waals surface area contributed by atoms with Gasteiger partial charge in [-0.05, 0) is 12.1 Å². The van der Waals surface area contributed by atoms with Crippen molar-refractivity contribution >= 4 is 5.97 Å². The summed E-state index contributed by atoms with van der Waals surface area (Å²) < 4.78 is 82.7. The number of hydrogen-bond donors (Lipinski definition) is 1. The van der Waals surface area contributed by atoms with Gasteiger partial charge in [-0.3, -0.25) is 0 Å². The fraction of sp³-hybridized carbons (Fsp3) is 0.364. The highest BCUT2D eigenvalue weighted by Crippen LogP contribution is 2.38. The Kier molecular flexibility index (Phi) is 4.59. The molecule has 0 saturated carbocycles. The molecule has 0 atom stereocenters. The van der Waals surface area contributed by atoms with Gasteiger partial charge in [-0.25, -0.2) is 4.79 Å². The summed E-state index contributed by atoms with van der Waals surface area (Å²) >= 11 is 0. The molecule has 0 heterocycles. The Balaban J connectivity index is 3.38. The van der Waals surface area contributed by atoms with E-state index in [-0.39, 0.29) is 6.07 Å². The fourth-order valence-corrected chi connectivity index (χ4v) is 1.40. The molecule has 0 saturated heterocycles. The molecule has 10 heteroatoms. The fourth-order valence-electron chi connectivity index (χ4n) is 1.40. The van der Waals surface area contributed by atoms with Crippen LogP contribution in [0.3, 0.4) is 0 Å². The number of rotatable bonds is 4. The Morgan fingerprint density at radius 2 is 1.67 bits per heavy atom. The maximum absolute atomic E-state index is 12.6. The lowest BCUT2D eigenvalue weighted by Crippen LogP contribution is -2.21. The van der Waals surface area contributed by atoms with Gasteiger partial charge in [0.2, 0.25) is 0 Å². The van der Waals surface area contributed by atoms with E-state index in [4.69, 9.17) is 5.11 Å². The van der Waals surface area contributed by atoms with Crippen LogP contribution >= 0.6 is 0 Å². The van der Waals surface area contributed by atoms with Gasteiger partial charge < -0.3 is 14.6 Å². The second-order valence-electron chi connectivity index (χ2n) is 3.76. The zero-order valence-electron chi connectivity index (χ0n) is 10.3. The van der Waals surface area contributed by atoms with Crippen molar-refractivity contribution in [1.29, 1.82) is 0 Å². The van der Waals surface area contributed by atoms with E-state index in [9.17, 15) is 31.1 Å². The first-order valence-corrected chi connectivity index (χ1v) is 5.18. The molecular weight excluding hydrogens is 310 g/mol. The monoisotopic (exact) mass is 318 g/mol. The lowest BCUT2D eigenvalue weighted by atomic mass is 10.1. The molecule has 118 valence electrons. The van der Waals surface area contributed by atoms with Gasteiger partial charge in [-0.2, -0.15) is 26.3 Å². The summed E-state index contributed by atoms with van der Waals surface area (Å²) in [4.78, 5) is 11.0. The number of hydrogen-bond acceptors (Lipinski definition) is 3. The number of carbonyl (C=O) groups is 1. The summed E-state index contributed by atoms with van der Waals surface area (Å²) in [6, 6.07) is 0.543. The number of carboxylic acids is 1. The smallest absolute Gasteiger partial charge is 0.422 e. The standard InChI is InChI=1S/C11H8F6O4/c1-20-6-2-5(11(15,16)17)3-7(8(6)9(18)19)21-4-10(12,13)14/h2-3H,4H2,1H3,(H,18,19). The topological polar surface area (TPSA) is 55.8 Å². The van der Waals surface area contributed by atoms with Gasteiger partial charge in [0.15, 0.2) is 6.61 Å². The molecule has 0 spiro atoms. The lowest BCUT2D eigenvalue weighted by molar-refractivity contribution is -0.153. The van der Waals surface area contributed by atoms with E-state index < -0.39 is 47.6 Å². The molecule has 0 aromatic heterocycles. The van der Waals surface area contributed by atoms with Crippen LogP contribution in [-0.2, 0) is 6.18 Å². The third-order valence-corrected chi connectivity index (χ3v) is 2.22. The van der Waals surface area contributed by atoms with E-state index in [0.29, 0.717) is 6.07 Å². The van der Waals surface area contributed by atoms with Crippen molar-refractivity contribution in [3.8, 4) is 11.5 Å². The van der Waals surface area contributed by atoms with Crippen molar-refractivity contribution in [3.05, 3.63) is 23.3 Å². The maximum Gasteiger partial charge on any atom is 0.422 e. The molecule has 4 nitrogen and oxygen atoms in total. The van der Waals surface area contributed by atoms with E-state index in [1.54, 1.807) is 0 Å². The number of halogens is 6. The molecule has 21 heavy (non-hydrogen) atoms. The Morgan fingerprint density at radius 1 is 1.14 bits per heavy atom. The molecule has 1 aromatic rings. The number of methoxy groups -OCH3 is 1. The quantitative estimate of drug-likeness (QED) is 0.865. The minimum absolute atomic E-state index is 0.178. The SMILES string of the molecule is COc1cc(C(F)(F)F)cc(OCC(F)(F)F)c1C(=O)O. The van der Waals surface area contributed by atoms with Crippen LogP contribution in [-0.4, -0.2) is 31.0 Å². The van der Waals surface area contributed by atoms with E-state index >= 15 is 0 Å². The maximum atomic E-state index is 12.6. The van der Waals surface area contributed by atoms with Gasteiger partial charge in [0.25, 0.3) is 0 Å². The van der Waals surface area contributed by atoms with Gasteiger partial charge >= 0.3 is 18.3 Å². The molecular formula is C11H8F6O4. The zero-order chi connectivity index (χ0) is 16.4. The highest BCUT2D eigenvalue weighted by molar-refractivity contribution is 5.94. The summed E-state index contributed by atoms with van der Waals surface area (Å²) in [6.07, 6.45) is -9.74. The normalized spacial score (nSPS) is 12.1. The van der Waals surface area contributed by atoms with Gasteiger partial charge in [-0.1, -0.05) is 0 Å². The van der Waals surface area contributed by atoms with Crippen LogP contribution < -0.4 is 9.47 Å². The van der Waals surface area contributed by atoms with Crippen LogP contribution in [0.1, 0.15) is 15.9 Å². The Morgan fingerprint density at radius 3 is 2.05 bits per heavy atom. The van der Waals surface area contributed by atoms with Gasteiger partial charge in [0, 0.05) is 0 Å². The van der Waals surface area contributed by atoms with E-state index in [1.165, 1.54) is 0 Å². The first-order valence-electron chi connectivity index (χ1n) is 5.18. The van der Waals surface area contributed by atoms with Gasteiger partial charge in [0.05, 0.1) is 12.7 Å². The highest BCUT2D eigenvalue weighted by Gasteiger charge is 2.35. The predicted octanol–water partition coefficient (Wildman–Crippen LogP) is 3.35. The average Bonchev–Trinajstić information content (AvgIpc) is 2.32. The third-order valence-electron chi connectivity index (χ3n) is 2.22. The number of benzene rings is 1. The Hall–Kier alpha value is -2.13. The van der Waals surface area contributed by atoms with Crippen molar-refractivity contribution in [2.75, 3.05) is 13.7 Å². The van der Waals surface area contributed by atoms with Crippen LogP contribution in [0.15, 0.2) is 12.1 Å². The molecule has 0 aliphatic heterocycles. The first kappa shape index (κ1) is 16.9. The molecule has 0 fully saturated rings. The van der Waals surface area contributed by atoms with Crippen molar-refractivity contribution in [2.24, 2.45) is 0 Å². The largest absolute Gasteiger partial charge is 0.496 e.